The molecule has 22 heavy (non-hydrogen) atoms. The zero-order valence-corrected chi connectivity index (χ0v) is 13.8. The third-order valence-electron chi connectivity index (χ3n) is 4.98. The summed E-state index contributed by atoms with van der Waals surface area (Å²) in [6.07, 6.45) is 2.29. The molecule has 0 bridgehead atoms. The Bertz CT molecular complexity index is 558. The van der Waals surface area contributed by atoms with Gasteiger partial charge in [0.1, 0.15) is 12.4 Å². The van der Waals surface area contributed by atoms with Crippen LogP contribution in [-0.2, 0) is 4.79 Å². The summed E-state index contributed by atoms with van der Waals surface area (Å²) < 4.78 is 5.92. The molecule has 2 fully saturated rings. The molecule has 1 aromatic carbocycles. The summed E-state index contributed by atoms with van der Waals surface area (Å²) in [5.74, 6) is 1.24. The highest BCUT2D eigenvalue weighted by Crippen LogP contribution is 2.25. The summed E-state index contributed by atoms with van der Waals surface area (Å²) in [7, 11) is 0. The Labute approximate surface area is 133 Å². The van der Waals surface area contributed by atoms with E-state index in [2.05, 4.69) is 35.8 Å². The maximum Gasteiger partial charge on any atom is 0.239 e. The highest BCUT2D eigenvalue weighted by atomic mass is 16.5. The number of nitrogens with zero attached hydrogens (tertiary/aromatic N) is 2. The molecule has 0 spiro atoms. The van der Waals surface area contributed by atoms with Crippen molar-refractivity contribution in [3.05, 3.63) is 29.3 Å². The molecule has 4 nitrogen and oxygen atoms in total. The van der Waals surface area contributed by atoms with Crippen LogP contribution in [0.2, 0.25) is 0 Å². The number of carbonyl (C=O) groups is 1. The number of benzene rings is 1. The molecule has 0 unspecified atom stereocenters. The van der Waals surface area contributed by atoms with Crippen LogP contribution in [0.15, 0.2) is 18.2 Å². The van der Waals surface area contributed by atoms with Gasteiger partial charge in [-0.2, -0.15) is 0 Å². The Balaban J connectivity index is 1.56. The Morgan fingerprint density at radius 3 is 2.91 bits per heavy atom. The third kappa shape index (κ3) is 2.98. The van der Waals surface area contributed by atoms with E-state index in [1.54, 1.807) is 0 Å². The highest BCUT2D eigenvalue weighted by molar-refractivity contribution is 5.83. The number of ether oxygens (including phenoxy) is 1. The predicted molar refractivity (Wildman–Crippen MR) is 87.2 cm³/mol. The minimum absolute atomic E-state index is 0.0166. The molecule has 120 valence electrons. The maximum absolute atomic E-state index is 12.4. The van der Waals surface area contributed by atoms with E-state index in [1.807, 2.05) is 13.0 Å². The van der Waals surface area contributed by atoms with Crippen molar-refractivity contribution in [2.75, 3.05) is 26.2 Å². The van der Waals surface area contributed by atoms with E-state index in [4.69, 9.17) is 4.74 Å². The van der Waals surface area contributed by atoms with Gasteiger partial charge in [-0.25, -0.2) is 0 Å². The highest BCUT2D eigenvalue weighted by Gasteiger charge is 2.39. The average Bonchev–Trinajstić information content (AvgIpc) is 2.95. The fourth-order valence-electron chi connectivity index (χ4n) is 3.66. The number of carbonyl (C=O) groups excluding carboxylic acids is 1. The van der Waals surface area contributed by atoms with Gasteiger partial charge in [0, 0.05) is 25.7 Å². The number of fused-ring (bicyclic) bond motifs is 1. The van der Waals surface area contributed by atoms with Crippen LogP contribution in [-0.4, -0.2) is 54.0 Å². The van der Waals surface area contributed by atoms with Crippen molar-refractivity contribution >= 4 is 5.91 Å². The first-order chi connectivity index (χ1) is 10.6. The number of amides is 1. The minimum Gasteiger partial charge on any atom is -0.492 e. The summed E-state index contributed by atoms with van der Waals surface area (Å²) in [5, 5.41) is 0. The van der Waals surface area contributed by atoms with Crippen LogP contribution in [0, 0.1) is 13.8 Å². The molecular weight excluding hydrogens is 276 g/mol. The van der Waals surface area contributed by atoms with E-state index in [-0.39, 0.29) is 6.04 Å². The van der Waals surface area contributed by atoms with Crippen molar-refractivity contribution in [3.63, 3.8) is 0 Å². The van der Waals surface area contributed by atoms with E-state index < -0.39 is 0 Å². The molecule has 0 N–H and O–H groups in total. The van der Waals surface area contributed by atoms with Gasteiger partial charge in [0.25, 0.3) is 0 Å². The zero-order chi connectivity index (χ0) is 15.7. The van der Waals surface area contributed by atoms with Gasteiger partial charge in [0.2, 0.25) is 5.91 Å². The lowest BCUT2D eigenvalue weighted by molar-refractivity contribution is -0.143. The lowest BCUT2D eigenvalue weighted by atomic mass is 10.1. The van der Waals surface area contributed by atoms with Crippen molar-refractivity contribution in [2.45, 2.75) is 45.7 Å². The molecule has 2 saturated heterocycles. The average molecular weight is 302 g/mol. The molecule has 3 rings (SSSR count). The number of piperazine rings is 1. The molecule has 0 saturated carbocycles. The Morgan fingerprint density at radius 2 is 2.14 bits per heavy atom. The summed E-state index contributed by atoms with van der Waals surface area (Å²) >= 11 is 0. The summed E-state index contributed by atoms with van der Waals surface area (Å²) in [5.41, 5.74) is 2.42. The van der Waals surface area contributed by atoms with Gasteiger partial charge in [0.15, 0.2) is 0 Å². The van der Waals surface area contributed by atoms with Gasteiger partial charge >= 0.3 is 0 Å². The quantitative estimate of drug-likeness (QED) is 0.856. The molecule has 2 aliphatic heterocycles. The molecule has 2 aliphatic rings. The second kappa shape index (κ2) is 6.29. The van der Waals surface area contributed by atoms with Crippen LogP contribution in [0.1, 0.15) is 30.9 Å². The SMILES string of the molecule is Cc1ccc(OCCN2C[C@H]3CCCN3C(=O)[C@@H]2C)c(C)c1. The van der Waals surface area contributed by atoms with E-state index in [0.29, 0.717) is 18.6 Å². The first-order valence-corrected chi connectivity index (χ1v) is 8.31. The van der Waals surface area contributed by atoms with Gasteiger partial charge in [0.05, 0.1) is 6.04 Å². The molecular formula is C18H26N2O2. The van der Waals surface area contributed by atoms with E-state index >= 15 is 0 Å². The van der Waals surface area contributed by atoms with Crippen LogP contribution in [0.5, 0.6) is 5.75 Å². The molecule has 2 heterocycles. The second-order valence-corrected chi connectivity index (χ2v) is 6.62. The first kappa shape index (κ1) is 15.3. The number of rotatable bonds is 4. The fourth-order valence-corrected chi connectivity index (χ4v) is 3.66. The van der Waals surface area contributed by atoms with Crippen molar-refractivity contribution in [3.8, 4) is 5.75 Å². The summed E-state index contributed by atoms with van der Waals surface area (Å²) in [4.78, 5) is 16.7. The lowest BCUT2D eigenvalue weighted by Gasteiger charge is -2.41. The largest absolute Gasteiger partial charge is 0.492 e. The molecule has 1 amide bonds. The second-order valence-electron chi connectivity index (χ2n) is 6.62. The van der Waals surface area contributed by atoms with Gasteiger partial charge < -0.3 is 9.64 Å². The topological polar surface area (TPSA) is 32.8 Å². The molecule has 1 aromatic rings. The molecule has 2 atom stereocenters. The van der Waals surface area contributed by atoms with Crippen LogP contribution in [0.3, 0.4) is 0 Å². The van der Waals surface area contributed by atoms with Crippen LogP contribution < -0.4 is 4.74 Å². The zero-order valence-electron chi connectivity index (χ0n) is 13.8. The Kier molecular flexibility index (Phi) is 4.39. The number of hydrogen-bond donors (Lipinski definition) is 0. The third-order valence-corrected chi connectivity index (χ3v) is 4.98. The van der Waals surface area contributed by atoms with E-state index in [1.165, 1.54) is 11.1 Å². The standard InChI is InChI=1S/C18H26N2O2/c1-13-6-7-17(14(2)11-13)22-10-9-19-12-16-5-4-8-20(16)18(21)15(19)3/h6-7,11,15-16H,4-5,8-10,12H2,1-3H3/t15-,16+/m0/s1. The fraction of sp³-hybridized carbons (Fsp3) is 0.611. The number of aryl methyl sites for hydroxylation is 2. The van der Waals surface area contributed by atoms with Crippen molar-refractivity contribution in [1.29, 1.82) is 0 Å². The van der Waals surface area contributed by atoms with E-state index in [0.717, 1.165) is 38.2 Å². The van der Waals surface area contributed by atoms with Gasteiger partial charge in [-0.1, -0.05) is 17.7 Å². The summed E-state index contributed by atoms with van der Waals surface area (Å²) in [6.45, 7) is 9.56. The van der Waals surface area contributed by atoms with Crippen LogP contribution in [0.4, 0.5) is 0 Å². The van der Waals surface area contributed by atoms with Crippen molar-refractivity contribution in [1.82, 2.24) is 9.80 Å². The summed E-state index contributed by atoms with van der Waals surface area (Å²) in [6, 6.07) is 6.65. The Hall–Kier alpha value is -1.55. The molecule has 0 radical (unpaired) electrons. The normalized spacial score (nSPS) is 25.4. The Morgan fingerprint density at radius 1 is 1.32 bits per heavy atom. The van der Waals surface area contributed by atoms with Gasteiger partial charge in [-0.15, -0.1) is 0 Å². The lowest BCUT2D eigenvalue weighted by Crippen LogP contribution is -2.59. The van der Waals surface area contributed by atoms with Crippen molar-refractivity contribution in [2.24, 2.45) is 0 Å². The minimum atomic E-state index is -0.0166. The molecule has 4 heteroatoms. The maximum atomic E-state index is 12.4. The molecule has 0 aromatic heterocycles. The first-order valence-electron chi connectivity index (χ1n) is 8.31. The number of hydrogen-bond acceptors (Lipinski definition) is 3. The van der Waals surface area contributed by atoms with E-state index in [9.17, 15) is 4.79 Å². The monoisotopic (exact) mass is 302 g/mol. The van der Waals surface area contributed by atoms with Crippen molar-refractivity contribution < 1.29 is 9.53 Å². The van der Waals surface area contributed by atoms with Crippen LogP contribution in [0.25, 0.3) is 0 Å². The van der Waals surface area contributed by atoms with Gasteiger partial charge in [-0.3, -0.25) is 9.69 Å². The van der Waals surface area contributed by atoms with Gasteiger partial charge in [-0.05, 0) is 45.2 Å². The smallest absolute Gasteiger partial charge is 0.239 e. The van der Waals surface area contributed by atoms with Crippen LogP contribution >= 0.6 is 0 Å². The predicted octanol–water partition coefficient (Wildman–Crippen LogP) is 2.38. The molecule has 0 aliphatic carbocycles.